The molecule has 0 radical (unpaired) electrons. The lowest BCUT2D eigenvalue weighted by molar-refractivity contribution is 0.0690. The summed E-state index contributed by atoms with van der Waals surface area (Å²) < 4.78 is 5.61. The largest absolute Gasteiger partial charge is 0.478 e. The summed E-state index contributed by atoms with van der Waals surface area (Å²) in [6.07, 6.45) is 18.2. The summed E-state index contributed by atoms with van der Waals surface area (Å²) in [5.74, 6) is -0.623. The SMILES string of the molecule is CC(C)CCCCCCCCCOCCCNC(=O)c1ccccc1C(=O)O.CN(C)C1CCCCC1. The Kier molecular flexibility index (Phi) is 18.8. The molecule has 37 heavy (non-hydrogen) atoms. The van der Waals surface area contributed by atoms with E-state index in [1.807, 2.05) is 0 Å². The van der Waals surface area contributed by atoms with Gasteiger partial charge in [0.25, 0.3) is 5.91 Å². The molecule has 6 nitrogen and oxygen atoms in total. The van der Waals surface area contributed by atoms with E-state index >= 15 is 0 Å². The van der Waals surface area contributed by atoms with Crippen LogP contribution >= 0.6 is 0 Å². The van der Waals surface area contributed by atoms with Gasteiger partial charge in [0.2, 0.25) is 0 Å². The summed E-state index contributed by atoms with van der Waals surface area (Å²) in [5.41, 5.74) is 0.219. The summed E-state index contributed by atoms with van der Waals surface area (Å²) >= 11 is 0. The molecule has 0 aliphatic heterocycles. The predicted molar refractivity (Wildman–Crippen MR) is 154 cm³/mol. The van der Waals surface area contributed by atoms with Crippen molar-refractivity contribution in [3.8, 4) is 0 Å². The van der Waals surface area contributed by atoms with Gasteiger partial charge >= 0.3 is 5.97 Å². The predicted octanol–water partition coefficient (Wildman–Crippen LogP) is 7.18. The molecule has 0 bridgehead atoms. The smallest absolute Gasteiger partial charge is 0.336 e. The van der Waals surface area contributed by atoms with Crippen LogP contribution in [0.4, 0.5) is 0 Å². The Morgan fingerprint density at radius 1 is 0.892 bits per heavy atom. The highest BCUT2D eigenvalue weighted by atomic mass is 16.5. The maximum absolute atomic E-state index is 12.1. The van der Waals surface area contributed by atoms with E-state index < -0.39 is 5.97 Å². The van der Waals surface area contributed by atoms with Crippen molar-refractivity contribution in [2.24, 2.45) is 5.92 Å². The van der Waals surface area contributed by atoms with Crippen molar-refractivity contribution < 1.29 is 19.4 Å². The first-order chi connectivity index (χ1) is 17.8. The van der Waals surface area contributed by atoms with Crippen LogP contribution in [0.1, 0.15) is 124 Å². The highest BCUT2D eigenvalue weighted by Gasteiger charge is 2.15. The number of benzene rings is 1. The lowest BCUT2D eigenvalue weighted by atomic mass is 9.95. The van der Waals surface area contributed by atoms with Gasteiger partial charge in [0.1, 0.15) is 0 Å². The topological polar surface area (TPSA) is 78.9 Å². The van der Waals surface area contributed by atoms with Crippen LogP contribution in [0, 0.1) is 5.92 Å². The maximum Gasteiger partial charge on any atom is 0.336 e. The number of carbonyl (C=O) groups excluding carboxylic acids is 1. The molecule has 0 unspecified atom stereocenters. The Morgan fingerprint density at radius 2 is 1.46 bits per heavy atom. The van der Waals surface area contributed by atoms with E-state index in [9.17, 15) is 9.59 Å². The molecule has 0 saturated heterocycles. The van der Waals surface area contributed by atoms with Crippen molar-refractivity contribution in [3.05, 3.63) is 35.4 Å². The van der Waals surface area contributed by atoms with Gasteiger partial charge in [0.15, 0.2) is 0 Å². The quantitative estimate of drug-likeness (QED) is 0.214. The van der Waals surface area contributed by atoms with E-state index in [0.29, 0.717) is 13.2 Å². The number of aromatic carboxylic acids is 1. The van der Waals surface area contributed by atoms with Crippen LogP contribution in [0.2, 0.25) is 0 Å². The molecule has 212 valence electrons. The van der Waals surface area contributed by atoms with Gasteiger partial charge in [-0.05, 0) is 57.8 Å². The zero-order valence-corrected chi connectivity index (χ0v) is 24.1. The van der Waals surface area contributed by atoms with E-state index in [0.717, 1.165) is 31.4 Å². The number of hydrogen-bond donors (Lipinski definition) is 2. The molecule has 1 amide bonds. The minimum Gasteiger partial charge on any atom is -0.478 e. The lowest BCUT2D eigenvalue weighted by Crippen LogP contribution is -2.29. The van der Waals surface area contributed by atoms with E-state index in [-0.39, 0.29) is 17.0 Å². The molecule has 0 heterocycles. The van der Waals surface area contributed by atoms with Crippen LogP contribution < -0.4 is 5.32 Å². The van der Waals surface area contributed by atoms with Gasteiger partial charge in [-0.2, -0.15) is 0 Å². The number of carboxylic acid groups (broad SMARTS) is 1. The van der Waals surface area contributed by atoms with Crippen molar-refractivity contribution in [1.29, 1.82) is 0 Å². The van der Waals surface area contributed by atoms with Crippen molar-refractivity contribution in [2.45, 2.75) is 110 Å². The average molecular weight is 519 g/mol. The minimum absolute atomic E-state index is 0.0242. The Hall–Kier alpha value is -1.92. The number of hydrogen-bond acceptors (Lipinski definition) is 4. The summed E-state index contributed by atoms with van der Waals surface area (Å²) in [5, 5.41) is 11.9. The monoisotopic (exact) mass is 518 g/mol. The maximum atomic E-state index is 12.1. The van der Waals surface area contributed by atoms with Crippen molar-refractivity contribution in [1.82, 2.24) is 10.2 Å². The zero-order chi connectivity index (χ0) is 27.3. The fourth-order valence-electron chi connectivity index (χ4n) is 4.68. The summed E-state index contributed by atoms with van der Waals surface area (Å²) in [4.78, 5) is 25.6. The van der Waals surface area contributed by atoms with Crippen molar-refractivity contribution in [3.63, 3.8) is 0 Å². The van der Waals surface area contributed by atoms with Gasteiger partial charge in [0, 0.05) is 25.8 Å². The second kappa shape index (κ2) is 21.1. The standard InChI is InChI=1S/C23H37NO4.C8H17N/c1-19(2)13-8-6-4-3-5-7-11-17-28-18-12-16-24-22(25)20-14-9-10-15-21(20)23(26)27;1-9(2)8-6-4-3-5-7-8/h9-10,14-15,19H,3-8,11-13,16-18H2,1-2H3,(H,24,25)(H,26,27);8H,3-7H2,1-2H3. The second-order valence-electron chi connectivity index (χ2n) is 11.0. The molecule has 0 spiro atoms. The van der Waals surface area contributed by atoms with Gasteiger partial charge in [-0.25, -0.2) is 4.79 Å². The first-order valence-electron chi connectivity index (χ1n) is 14.7. The van der Waals surface area contributed by atoms with Crippen LogP contribution in [0.3, 0.4) is 0 Å². The van der Waals surface area contributed by atoms with Crippen molar-refractivity contribution >= 4 is 11.9 Å². The Labute approximate surface area is 226 Å². The van der Waals surface area contributed by atoms with E-state index in [4.69, 9.17) is 9.84 Å². The molecular weight excluding hydrogens is 464 g/mol. The number of nitrogens with zero attached hydrogens (tertiary/aromatic N) is 1. The molecule has 0 aromatic heterocycles. The third kappa shape index (κ3) is 16.5. The van der Waals surface area contributed by atoms with E-state index in [1.165, 1.54) is 89.2 Å². The molecule has 1 fully saturated rings. The van der Waals surface area contributed by atoms with Gasteiger partial charge < -0.3 is 20.1 Å². The molecule has 2 N–H and O–H groups in total. The summed E-state index contributed by atoms with van der Waals surface area (Å²) in [6, 6.07) is 7.13. The zero-order valence-electron chi connectivity index (χ0n) is 24.1. The minimum atomic E-state index is -1.09. The number of rotatable bonds is 17. The van der Waals surface area contributed by atoms with Crippen LogP contribution in [-0.4, -0.2) is 61.8 Å². The number of unbranched alkanes of at least 4 members (excludes halogenated alkanes) is 6. The van der Waals surface area contributed by atoms with Crippen LogP contribution in [0.15, 0.2) is 24.3 Å². The second-order valence-corrected chi connectivity index (χ2v) is 11.0. The molecule has 1 aromatic rings. The summed E-state index contributed by atoms with van der Waals surface area (Å²) in [7, 11) is 4.38. The number of ether oxygens (including phenoxy) is 1. The van der Waals surface area contributed by atoms with Gasteiger partial charge in [-0.1, -0.05) is 90.2 Å². The van der Waals surface area contributed by atoms with Gasteiger partial charge in [-0.3, -0.25) is 4.79 Å². The molecular formula is C31H54N2O4. The fourth-order valence-corrected chi connectivity index (χ4v) is 4.68. The first-order valence-corrected chi connectivity index (χ1v) is 14.7. The van der Waals surface area contributed by atoms with Crippen LogP contribution in [0.25, 0.3) is 0 Å². The number of nitrogens with one attached hydrogen (secondary N) is 1. The lowest BCUT2D eigenvalue weighted by Gasteiger charge is -2.27. The van der Waals surface area contributed by atoms with Crippen LogP contribution in [0.5, 0.6) is 0 Å². The Balaban J connectivity index is 0.000000635. The molecule has 1 saturated carbocycles. The number of amides is 1. The third-order valence-corrected chi connectivity index (χ3v) is 7.03. The summed E-state index contributed by atoms with van der Waals surface area (Å²) in [6.45, 7) is 6.42. The normalized spacial score (nSPS) is 13.9. The molecule has 1 aliphatic rings. The average Bonchev–Trinajstić information content (AvgIpc) is 2.89. The Bertz CT molecular complexity index is 730. The van der Waals surface area contributed by atoms with Crippen molar-refractivity contribution in [2.75, 3.05) is 33.9 Å². The molecule has 6 heteroatoms. The number of carbonyl (C=O) groups is 2. The number of carboxylic acids is 1. The van der Waals surface area contributed by atoms with Gasteiger partial charge in [-0.15, -0.1) is 0 Å². The first kappa shape index (κ1) is 33.1. The molecule has 2 rings (SSSR count). The molecule has 1 aliphatic carbocycles. The highest BCUT2D eigenvalue weighted by Crippen LogP contribution is 2.20. The third-order valence-electron chi connectivity index (χ3n) is 7.03. The molecule has 1 aromatic carbocycles. The van der Waals surface area contributed by atoms with E-state index in [1.54, 1.807) is 12.1 Å². The van der Waals surface area contributed by atoms with E-state index in [2.05, 4.69) is 38.2 Å². The molecule has 0 atom stereocenters. The van der Waals surface area contributed by atoms with Crippen LogP contribution in [-0.2, 0) is 4.74 Å². The Morgan fingerprint density at radius 3 is 2.03 bits per heavy atom. The highest BCUT2D eigenvalue weighted by molar-refractivity contribution is 6.04. The fraction of sp³-hybridized carbons (Fsp3) is 0.742. The van der Waals surface area contributed by atoms with Gasteiger partial charge in [0.05, 0.1) is 11.1 Å².